The van der Waals surface area contributed by atoms with Crippen molar-refractivity contribution < 1.29 is 9.53 Å². The fourth-order valence-electron chi connectivity index (χ4n) is 2.65. The molecule has 1 aromatic rings. The largest absolute Gasteiger partial charge is 0.496 e. The fourth-order valence-corrected chi connectivity index (χ4v) is 2.65. The van der Waals surface area contributed by atoms with Gasteiger partial charge in [0, 0.05) is 11.1 Å². The molecule has 0 unspecified atom stereocenters. The van der Waals surface area contributed by atoms with E-state index in [1.807, 2.05) is 45.0 Å². The van der Waals surface area contributed by atoms with Crippen LogP contribution in [0.3, 0.4) is 0 Å². The van der Waals surface area contributed by atoms with Gasteiger partial charge in [0.05, 0.1) is 12.5 Å². The molecule has 3 heteroatoms. The average Bonchev–Trinajstić information content (AvgIpc) is 2.25. The van der Waals surface area contributed by atoms with E-state index in [0.717, 1.165) is 30.6 Å². The maximum Gasteiger partial charge on any atom is 0.231 e. The van der Waals surface area contributed by atoms with E-state index in [1.54, 1.807) is 7.11 Å². The van der Waals surface area contributed by atoms with Crippen LogP contribution in [0.2, 0.25) is 0 Å². The van der Waals surface area contributed by atoms with Gasteiger partial charge >= 0.3 is 0 Å². The molecule has 0 atom stereocenters. The molecule has 0 aromatic heterocycles. The minimum atomic E-state index is -0.403. The lowest BCUT2D eigenvalue weighted by molar-refractivity contribution is -0.131. The summed E-state index contributed by atoms with van der Waals surface area (Å²) in [5.74, 6) is 0.932. The molecule has 1 N–H and O–H groups in total. The van der Waals surface area contributed by atoms with Gasteiger partial charge in [-0.15, -0.1) is 0 Å². The number of methoxy groups -OCH3 is 1. The highest BCUT2D eigenvalue weighted by molar-refractivity contribution is 5.90. The maximum absolute atomic E-state index is 12.7. The number of hydrogen-bond acceptors (Lipinski definition) is 2. The first kappa shape index (κ1) is 13.9. The lowest BCUT2D eigenvalue weighted by Gasteiger charge is -2.43. The summed E-state index contributed by atoms with van der Waals surface area (Å²) in [5.41, 5.74) is 0.409. The van der Waals surface area contributed by atoms with Gasteiger partial charge in [-0.3, -0.25) is 4.79 Å². The monoisotopic (exact) mass is 261 g/mol. The first-order valence-electron chi connectivity index (χ1n) is 6.85. The van der Waals surface area contributed by atoms with Crippen molar-refractivity contribution in [1.29, 1.82) is 0 Å². The van der Waals surface area contributed by atoms with Crippen LogP contribution in [0.15, 0.2) is 24.3 Å². The second kappa shape index (κ2) is 4.87. The van der Waals surface area contributed by atoms with E-state index in [9.17, 15) is 4.79 Å². The molecule has 19 heavy (non-hydrogen) atoms. The van der Waals surface area contributed by atoms with Crippen LogP contribution in [-0.2, 0) is 10.2 Å². The summed E-state index contributed by atoms with van der Waals surface area (Å²) >= 11 is 0. The van der Waals surface area contributed by atoms with Gasteiger partial charge in [0.25, 0.3) is 0 Å². The summed E-state index contributed by atoms with van der Waals surface area (Å²) in [6.45, 7) is 6.04. The Balaban J connectivity index is 2.35. The molecule has 1 saturated carbocycles. The normalized spacial score (nSPS) is 17.5. The third kappa shape index (κ3) is 2.60. The molecule has 0 aliphatic heterocycles. The number of nitrogens with one attached hydrogen (secondary N) is 1. The van der Waals surface area contributed by atoms with E-state index < -0.39 is 5.41 Å². The molecule has 0 spiro atoms. The molecule has 0 heterocycles. The van der Waals surface area contributed by atoms with E-state index in [0.29, 0.717) is 0 Å². The van der Waals surface area contributed by atoms with Crippen molar-refractivity contribution >= 4 is 5.91 Å². The van der Waals surface area contributed by atoms with Gasteiger partial charge in [0.1, 0.15) is 5.75 Å². The summed E-state index contributed by atoms with van der Waals surface area (Å²) in [7, 11) is 1.66. The van der Waals surface area contributed by atoms with Crippen LogP contribution in [0.5, 0.6) is 5.75 Å². The van der Waals surface area contributed by atoms with Crippen molar-refractivity contribution in [2.24, 2.45) is 0 Å². The summed E-state index contributed by atoms with van der Waals surface area (Å²) in [6, 6.07) is 7.86. The zero-order valence-electron chi connectivity index (χ0n) is 12.2. The number of carbonyl (C=O) groups excluding carboxylic acids is 1. The molecule has 1 fully saturated rings. The Hall–Kier alpha value is -1.51. The van der Waals surface area contributed by atoms with E-state index >= 15 is 0 Å². The SMILES string of the molecule is COc1ccccc1C1(C(=O)NC(C)(C)C)CCC1. The topological polar surface area (TPSA) is 38.3 Å². The van der Waals surface area contributed by atoms with Crippen molar-refractivity contribution in [3.05, 3.63) is 29.8 Å². The van der Waals surface area contributed by atoms with Crippen LogP contribution in [0, 0.1) is 0 Å². The van der Waals surface area contributed by atoms with Crippen molar-refractivity contribution in [1.82, 2.24) is 5.32 Å². The highest BCUT2D eigenvalue weighted by atomic mass is 16.5. The standard InChI is InChI=1S/C16H23NO2/c1-15(2,3)17-14(18)16(10-7-11-16)12-8-5-6-9-13(12)19-4/h5-6,8-9H,7,10-11H2,1-4H3,(H,17,18). The predicted molar refractivity (Wildman–Crippen MR) is 76.4 cm³/mol. The molecule has 1 aromatic carbocycles. The number of carbonyl (C=O) groups is 1. The van der Waals surface area contributed by atoms with E-state index in [1.165, 1.54) is 0 Å². The summed E-state index contributed by atoms with van der Waals surface area (Å²) in [5, 5.41) is 3.12. The van der Waals surface area contributed by atoms with Crippen LogP contribution in [0.1, 0.15) is 45.6 Å². The second-order valence-corrected chi connectivity index (χ2v) is 6.34. The quantitative estimate of drug-likeness (QED) is 0.908. The van der Waals surface area contributed by atoms with Crippen LogP contribution in [0.25, 0.3) is 0 Å². The first-order chi connectivity index (χ1) is 8.89. The summed E-state index contributed by atoms with van der Waals surface area (Å²) < 4.78 is 5.43. The molecule has 1 aliphatic carbocycles. The number of benzene rings is 1. The highest BCUT2D eigenvalue weighted by Gasteiger charge is 2.47. The van der Waals surface area contributed by atoms with Crippen molar-refractivity contribution in [2.45, 2.75) is 51.0 Å². The molecule has 1 aliphatic rings. The summed E-state index contributed by atoms with van der Waals surface area (Å²) in [4.78, 5) is 12.7. The van der Waals surface area contributed by atoms with Crippen LogP contribution in [0.4, 0.5) is 0 Å². The Kier molecular flexibility index (Phi) is 3.57. The third-order valence-electron chi connectivity index (χ3n) is 3.75. The molecular weight excluding hydrogens is 238 g/mol. The minimum absolute atomic E-state index is 0.121. The van der Waals surface area contributed by atoms with Gasteiger partial charge in [0.2, 0.25) is 5.91 Å². The van der Waals surface area contributed by atoms with Crippen molar-refractivity contribution in [3.63, 3.8) is 0 Å². The molecule has 3 nitrogen and oxygen atoms in total. The van der Waals surface area contributed by atoms with Gasteiger partial charge in [-0.1, -0.05) is 24.6 Å². The summed E-state index contributed by atoms with van der Waals surface area (Å²) in [6.07, 6.45) is 2.89. The molecule has 0 saturated heterocycles. The van der Waals surface area contributed by atoms with Crippen LogP contribution < -0.4 is 10.1 Å². The average molecular weight is 261 g/mol. The lowest BCUT2D eigenvalue weighted by Crippen LogP contribution is -2.54. The number of para-hydroxylation sites is 1. The van der Waals surface area contributed by atoms with Crippen molar-refractivity contribution in [3.8, 4) is 5.75 Å². The first-order valence-corrected chi connectivity index (χ1v) is 6.85. The van der Waals surface area contributed by atoms with E-state index in [-0.39, 0.29) is 11.4 Å². The Morgan fingerprint density at radius 1 is 1.26 bits per heavy atom. The Labute approximate surface area is 115 Å². The van der Waals surface area contributed by atoms with Gasteiger partial charge in [-0.25, -0.2) is 0 Å². The van der Waals surface area contributed by atoms with Crippen molar-refractivity contribution in [2.75, 3.05) is 7.11 Å². The molecule has 2 rings (SSSR count). The zero-order valence-corrected chi connectivity index (χ0v) is 12.2. The lowest BCUT2D eigenvalue weighted by atomic mass is 9.63. The minimum Gasteiger partial charge on any atom is -0.496 e. The predicted octanol–water partition coefficient (Wildman–Crippen LogP) is 3.03. The second-order valence-electron chi connectivity index (χ2n) is 6.34. The Morgan fingerprint density at radius 3 is 2.37 bits per heavy atom. The van der Waals surface area contributed by atoms with Gasteiger partial charge in [-0.05, 0) is 39.7 Å². The number of ether oxygens (including phenoxy) is 1. The molecule has 1 amide bonds. The molecule has 0 bridgehead atoms. The van der Waals surface area contributed by atoms with Gasteiger partial charge in [-0.2, -0.15) is 0 Å². The van der Waals surface area contributed by atoms with Gasteiger partial charge < -0.3 is 10.1 Å². The highest BCUT2D eigenvalue weighted by Crippen LogP contribution is 2.47. The third-order valence-corrected chi connectivity index (χ3v) is 3.75. The van der Waals surface area contributed by atoms with E-state index in [2.05, 4.69) is 5.32 Å². The maximum atomic E-state index is 12.7. The van der Waals surface area contributed by atoms with Crippen LogP contribution >= 0.6 is 0 Å². The number of hydrogen-bond donors (Lipinski definition) is 1. The number of amides is 1. The Morgan fingerprint density at radius 2 is 1.89 bits per heavy atom. The zero-order chi connectivity index (χ0) is 14.1. The smallest absolute Gasteiger partial charge is 0.231 e. The molecular formula is C16H23NO2. The van der Waals surface area contributed by atoms with Gasteiger partial charge in [0.15, 0.2) is 0 Å². The fraction of sp³-hybridized carbons (Fsp3) is 0.562. The Bertz CT molecular complexity index is 470. The molecule has 0 radical (unpaired) electrons. The van der Waals surface area contributed by atoms with Crippen LogP contribution in [-0.4, -0.2) is 18.6 Å². The molecule has 104 valence electrons. The number of rotatable bonds is 3. The van der Waals surface area contributed by atoms with E-state index in [4.69, 9.17) is 4.74 Å².